The van der Waals surface area contributed by atoms with Crippen LogP contribution in [-0.2, 0) is 9.53 Å². The Labute approximate surface area is 122 Å². The van der Waals surface area contributed by atoms with Crippen molar-refractivity contribution in [3.05, 3.63) is 27.8 Å². The number of anilines is 1. The number of nitro benzene ring substituents is 1. The number of esters is 1. The monoisotopic (exact) mass is 292 g/mol. The predicted molar refractivity (Wildman–Crippen MR) is 76.8 cm³/mol. The highest BCUT2D eigenvalue weighted by atomic mass is 16.6. The zero-order valence-corrected chi connectivity index (χ0v) is 11.8. The molecule has 0 radical (unpaired) electrons. The first-order chi connectivity index (χ1) is 9.99. The SMILES string of the molecule is CCCCOc1cc([N+](=O)[O-])cc(C#CC(=O)OC)c1N. The van der Waals surface area contributed by atoms with Gasteiger partial charge in [0.1, 0.15) is 5.75 Å². The summed E-state index contributed by atoms with van der Waals surface area (Å²) in [4.78, 5) is 21.3. The second kappa shape index (κ2) is 7.75. The van der Waals surface area contributed by atoms with Crippen LogP contribution in [0.5, 0.6) is 5.75 Å². The van der Waals surface area contributed by atoms with E-state index in [-0.39, 0.29) is 22.7 Å². The van der Waals surface area contributed by atoms with E-state index in [0.29, 0.717) is 6.61 Å². The third kappa shape index (κ3) is 4.69. The number of nitrogen functional groups attached to an aromatic ring is 1. The number of hydrogen-bond donors (Lipinski definition) is 1. The van der Waals surface area contributed by atoms with E-state index in [9.17, 15) is 14.9 Å². The van der Waals surface area contributed by atoms with Crippen molar-refractivity contribution in [2.45, 2.75) is 19.8 Å². The number of nitrogens with zero attached hydrogens (tertiary/aromatic N) is 1. The number of nitrogens with two attached hydrogens (primary N) is 1. The predicted octanol–water partition coefficient (Wildman–Crippen LogP) is 1.88. The van der Waals surface area contributed by atoms with Gasteiger partial charge in [-0.1, -0.05) is 19.3 Å². The lowest BCUT2D eigenvalue weighted by atomic mass is 10.1. The molecule has 0 fully saturated rings. The van der Waals surface area contributed by atoms with E-state index < -0.39 is 10.9 Å². The number of benzene rings is 1. The summed E-state index contributed by atoms with van der Waals surface area (Å²) < 4.78 is 9.81. The van der Waals surface area contributed by atoms with Crippen LogP contribution >= 0.6 is 0 Å². The molecule has 1 aromatic carbocycles. The Morgan fingerprint density at radius 1 is 1.48 bits per heavy atom. The first kappa shape index (κ1) is 16.3. The molecule has 0 bridgehead atoms. The number of ether oxygens (including phenoxy) is 2. The standard InChI is InChI=1S/C14H16N2O5/c1-3-4-7-21-12-9-11(16(18)19)8-10(14(12)15)5-6-13(17)20-2/h8-9H,3-4,7,15H2,1-2H3. The van der Waals surface area contributed by atoms with Crippen LogP contribution in [0.25, 0.3) is 0 Å². The van der Waals surface area contributed by atoms with Crippen molar-refractivity contribution in [2.75, 3.05) is 19.5 Å². The Morgan fingerprint density at radius 3 is 2.76 bits per heavy atom. The largest absolute Gasteiger partial charge is 0.491 e. The van der Waals surface area contributed by atoms with Crippen molar-refractivity contribution in [3.63, 3.8) is 0 Å². The molecule has 0 unspecified atom stereocenters. The maximum Gasteiger partial charge on any atom is 0.384 e. The average Bonchev–Trinajstić information content (AvgIpc) is 2.47. The van der Waals surface area contributed by atoms with Crippen LogP contribution in [0, 0.1) is 22.0 Å². The number of carbonyl (C=O) groups is 1. The second-order valence-corrected chi connectivity index (χ2v) is 4.11. The molecule has 0 atom stereocenters. The van der Waals surface area contributed by atoms with Gasteiger partial charge in [0.2, 0.25) is 0 Å². The molecule has 0 aliphatic rings. The lowest BCUT2D eigenvalue weighted by Crippen LogP contribution is -2.03. The van der Waals surface area contributed by atoms with Crippen molar-refractivity contribution >= 4 is 17.3 Å². The molecule has 0 spiro atoms. The van der Waals surface area contributed by atoms with Gasteiger partial charge >= 0.3 is 5.97 Å². The zero-order valence-electron chi connectivity index (χ0n) is 11.8. The first-order valence-corrected chi connectivity index (χ1v) is 6.30. The highest BCUT2D eigenvalue weighted by molar-refractivity contribution is 5.89. The van der Waals surface area contributed by atoms with Gasteiger partial charge in [0, 0.05) is 12.0 Å². The third-order valence-corrected chi connectivity index (χ3v) is 2.58. The van der Waals surface area contributed by atoms with E-state index in [1.54, 1.807) is 0 Å². The molecular formula is C14H16N2O5. The Bertz CT molecular complexity index is 601. The van der Waals surface area contributed by atoms with Crippen molar-refractivity contribution < 1.29 is 19.2 Å². The third-order valence-electron chi connectivity index (χ3n) is 2.58. The number of unbranched alkanes of at least 4 members (excludes halogenated alkanes) is 1. The van der Waals surface area contributed by atoms with Crippen LogP contribution in [0.4, 0.5) is 11.4 Å². The van der Waals surface area contributed by atoms with Gasteiger partial charge in [-0.15, -0.1) is 0 Å². The van der Waals surface area contributed by atoms with Gasteiger partial charge in [0.15, 0.2) is 0 Å². The number of hydrogen-bond acceptors (Lipinski definition) is 6. The average molecular weight is 292 g/mol. The lowest BCUT2D eigenvalue weighted by molar-refractivity contribution is -0.384. The Balaban J connectivity index is 3.18. The van der Waals surface area contributed by atoms with Crippen LogP contribution < -0.4 is 10.5 Å². The molecule has 0 saturated carbocycles. The number of rotatable bonds is 5. The molecule has 1 rings (SSSR count). The number of methoxy groups -OCH3 is 1. The van der Waals surface area contributed by atoms with Gasteiger partial charge in [-0.25, -0.2) is 4.79 Å². The van der Waals surface area contributed by atoms with Crippen LogP contribution in [0.15, 0.2) is 12.1 Å². The van der Waals surface area contributed by atoms with Crippen molar-refractivity contribution in [3.8, 4) is 17.6 Å². The summed E-state index contributed by atoms with van der Waals surface area (Å²) in [5, 5.41) is 10.9. The van der Waals surface area contributed by atoms with Gasteiger partial charge in [0.25, 0.3) is 5.69 Å². The van der Waals surface area contributed by atoms with E-state index in [0.717, 1.165) is 12.8 Å². The van der Waals surface area contributed by atoms with Crippen molar-refractivity contribution in [2.24, 2.45) is 0 Å². The fraction of sp³-hybridized carbons (Fsp3) is 0.357. The summed E-state index contributed by atoms with van der Waals surface area (Å²) >= 11 is 0. The molecule has 7 nitrogen and oxygen atoms in total. The summed E-state index contributed by atoms with van der Waals surface area (Å²) in [5.74, 6) is 4.07. The molecule has 2 N–H and O–H groups in total. The number of non-ortho nitro benzene ring substituents is 1. The number of nitro groups is 1. The van der Waals surface area contributed by atoms with Crippen LogP contribution in [-0.4, -0.2) is 24.6 Å². The van der Waals surface area contributed by atoms with Gasteiger partial charge in [-0.3, -0.25) is 10.1 Å². The smallest absolute Gasteiger partial charge is 0.384 e. The normalized spacial score (nSPS) is 9.43. The topological polar surface area (TPSA) is 105 Å². The van der Waals surface area contributed by atoms with Gasteiger partial charge in [0.05, 0.1) is 36.0 Å². The molecule has 0 heterocycles. The molecular weight excluding hydrogens is 276 g/mol. The molecule has 0 aliphatic heterocycles. The minimum absolute atomic E-state index is 0.154. The van der Waals surface area contributed by atoms with Gasteiger partial charge in [-0.05, 0) is 6.42 Å². The fourth-order valence-electron chi connectivity index (χ4n) is 1.44. The molecule has 0 saturated heterocycles. The Kier molecular flexibility index (Phi) is 6.01. The van der Waals surface area contributed by atoms with Crippen LogP contribution in [0.3, 0.4) is 0 Å². The molecule has 112 valence electrons. The highest BCUT2D eigenvalue weighted by Gasteiger charge is 2.15. The second-order valence-electron chi connectivity index (χ2n) is 4.11. The maximum absolute atomic E-state index is 11.0. The molecule has 0 aromatic heterocycles. The molecule has 7 heteroatoms. The van der Waals surface area contributed by atoms with Crippen molar-refractivity contribution in [1.82, 2.24) is 0 Å². The maximum atomic E-state index is 11.0. The molecule has 0 aliphatic carbocycles. The highest BCUT2D eigenvalue weighted by Crippen LogP contribution is 2.30. The van der Waals surface area contributed by atoms with E-state index in [4.69, 9.17) is 10.5 Å². The summed E-state index contributed by atoms with van der Waals surface area (Å²) in [6.45, 7) is 2.39. The van der Waals surface area contributed by atoms with Crippen LogP contribution in [0.2, 0.25) is 0 Å². The first-order valence-electron chi connectivity index (χ1n) is 6.30. The summed E-state index contributed by atoms with van der Waals surface area (Å²) in [7, 11) is 1.19. The molecule has 21 heavy (non-hydrogen) atoms. The minimum Gasteiger partial charge on any atom is -0.491 e. The molecule has 1 aromatic rings. The van der Waals surface area contributed by atoms with E-state index >= 15 is 0 Å². The summed E-state index contributed by atoms with van der Waals surface area (Å²) in [5.41, 5.74) is 5.97. The Morgan fingerprint density at radius 2 is 2.19 bits per heavy atom. The van der Waals surface area contributed by atoms with E-state index in [1.165, 1.54) is 19.2 Å². The fourth-order valence-corrected chi connectivity index (χ4v) is 1.44. The van der Waals surface area contributed by atoms with Crippen LogP contribution in [0.1, 0.15) is 25.3 Å². The minimum atomic E-state index is -0.755. The van der Waals surface area contributed by atoms with Gasteiger partial charge in [-0.2, -0.15) is 0 Å². The zero-order chi connectivity index (χ0) is 15.8. The lowest BCUT2D eigenvalue weighted by Gasteiger charge is -2.09. The van der Waals surface area contributed by atoms with Crippen molar-refractivity contribution in [1.29, 1.82) is 0 Å². The quantitative estimate of drug-likeness (QED) is 0.222. The van der Waals surface area contributed by atoms with E-state index in [2.05, 4.69) is 16.6 Å². The van der Waals surface area contributed by atoms with E-state index in [1.807, 2.05) is 6.92 Å². The summed E-state index contributed by atoms with van der Waals surface area (Å²) in [6.07, 6.45) is 1.72. The Hall–Kier alpha value is -2.75. The molecule has 0 amide bonds. The van der Waals surface area contributed by atoms with Gasteiger partial charge < -0.3 is 15.2 Å². The number of carbonyl (C=O) groups excluding carboxylic acids is 1. The summed E-state index contributed by atoms with van der Waals surface area (Å²) in [6, 6.07) is 2.44.